The average molecular weight is 250 g/mol. The summed E-state index contributed by atoms with van der Waals surface area (Å²) in [5, 5.41) is 15.4. The predicted molar refractivity (Wildman–Crippen MR) is 66.3 cm³/mol. The average Bonchev–Trinajstić information content (AvgIpc) is 2.85. The van der Waals surface area contributed by atoms with Crippen LogP contribution in [-0.2, 0) is 6.54 Å². The third kappa shape index (κ3) is 3.70. The summed E-state index contributed by atoms with van der Waals surface area (Å²) in [5.41, 5.74) is 1.49. The van der Waals surface area contributed by atoms with Crippen molar-refractivity contribution in [3.05, 3.63) is 29.2 Å². The highest BCUT2D eigenvalue weighted by molar-refractivity contribution is 5.85. The highest BCUT2D eigenvalue weighted by Crippen LogP contribution is 2.19. The molecule has 0 bridgehead atoms. The minimum atomic E-state index is -1.06. The molecule has 0 aromatic carbocycles. The van der Waals surface area contributed by atoms with Gasteiger partial charge in [0.25, 0.3) is 0 Å². The van der Waals surface area contributed by atoms with E-state index in [9.17, 15) is 4.79 Å². The van der Waals surface area contributed by atoms with Crippen LogP contribution in [0, 0.1) is 0 Å². The molecule has 0 spiro atoms. The van der Waals surface area contributed by atoms with Gasteiger partial charge >= 0.3 is 5.97 Å². The highest BCUT2D eigenvalue weighted by atomic mass is 16.5. The first kappa shape index (κ1) is 12.8. The second kappa shape index (κ2) is 6.35. The van der Waals surface area contributed by atoms with Gasteiger partial charge in [0.1, 0.15) is 0 Å². The Morgan fingerprint density at radius 2 is 2.39 bits per heavy atom. The van der Waals surface area contributed by atoms with Crippen LogP contribution in [0.2, 0.25) is 0 Å². The molecule has 5 heteroatoms. The standard InChI is InChI=1S/C13H18N2O3/c16-13(17)12-8-11(18-15-12)9-14-7-6-10-4-2-1-3-5-10/h4,8,14H,1-3,5-7,9H2,(H,16,17). The molecule has 2 N–H and O–H groups in total. The minimum Gasteiger partial charge on any atom is -0.476 e. The fourth-order valence-electron chi connectivity index (χ4n) is 2.09. The summed E-state index contributed by atoms with van der Waals surface area (Å²) in [6, 6.07) is 1.45. The Kier molecular flexibility index (Phi) is 4.52. The van der Waals surface area contributed by atoms with Gasteiger partial charge in [-0.2, -0.15) is 0 Å². The molecule has 18 heavy (non-hydrogen) atoms. The van der Waals surface area contributed by atoms with E-state index in [4.69, 9.17) is 9.63 Å². The van der Waals surface area contributed by atoms with Gasteiger partial charge in [0.05, 0.1) is 6.54 Å². The van der Waals surface area contributed by atoms with Crippen LogP contribution >= 0.6 is 0 Å². The van der Waals surface area contributed by atoms with Gasteiger partial charge in [0.15, 0.2) is 11.5 Å². The highest BCUT2D eigenvalue weighted by Gasteiger charge is 2.10. The maximum Gasteiger partial charge on any atom is 0.358 e. The third-order valence-corrected chi connectivity index (χ3v) is 3.09. The van der Waals surface area contributed by atoms with Crippen molar-refractivity contribution in [3.8, 4) is 0 Å². The zero-order valence-electron chi connectivity index (χ0n) is 10.3. The summed E-state index contributed by atoms with van der Waals surface area (Å²) in [5.74, 6) is -0.498. The van der Waals surface area contributed by atoms with Gasteiger partial charge in [-0.1, -0.05) is 16.8 Å². The Balaban J connectivity index is 1.68. The summed E-state index contributed by atoms with van der Waals surface area (Å²) < 4.78 is 4.91. The summed E-state index contributed by atoms with van der Waals surface area (Å²) in [4.78, 5) is 10.6. The normalized spacial score (nSPS) is 15.4. The number of hydrogen-bond acceptors (Lipinski definition) is 4. The Bertz CT molecular complexity index is 437. The lowest BCUT2D eigenvalue weighted by Gasteiger charge is -2.12. The predicted octanol–water partition coefficient (Wildman–Crippen LogP) is 2.35. The van der Waals surface area contributed by atoms with E-state index in [2.05, 4.69) is 16.5 Å². The first-order valence-electron chi connectivity index (χ1n) is 6.33. The van der Waals surface area contributed by atoms with Crippen molar-refractivity contribution >= 4 is 5.97 Å². The van der Waals surface area contributed by atoms with Gasteiger partial charge in [-0.05, 0) is 38.6 Å². The molecule has 0 saturated carbocycles. The fraction of sp³-hybridized carbons (Fsp3) is 0.538. The van der Waals surface area contributed by atoms with E-state index in [1.165, 1.54) is 37.3 Å². The van der Waals surface area contributed by atoms with E-state index in [0.717, 1.165) is 13.0 Å². The molecule has 98 valence electrons. The van der Waals surface area contributed by atoms with Crippen LogP contribution in [0.3, 0.4) is 0 Å². The minimum absolute atomic E-state index is 0.0400. The van der Waals surface area contributed by atoms with Gasteiger partial charge in [-0.3, -0.25) is 0 Å². The maximum absolute atomic E-state index is 10.6. The third-order valence-electron chi connectivity index (χ3n) is 3.09. The Labute approximate surface area is 106 Å². The molecule has 1 aliphatic carbocycles. The van der Waals surface area contributed by atoms with Gasteiger partial charge in [-0.25, -0.2) is 4.79 Å². The van der Waals surface area contributed by atoms with Crippen LogP contribution in [0.4, 0.5) is 0 Å². The smallest absolute Gasteiger partial charge is 0.358 e. The number of aromatic nitrogens is 1. The Morgan fingerprint density at radius 1 is 1.50 bits per heavy atom. The van der Waals surface area contributed by atoms with E-state index in [1.807, 2.05) is 0 Å². The summed E-state index contributed by atoms with van der Waals surface area (Å²) in [7, 11) is 0. The molecule has 1 aromatic heterocycles. The monoisotopic (exact) mass is 250 g/mol. The molecule has 5 nitrogen and oxygen atoms in total. The summed E-state index contributed by atoms with van der Waals surface area (Å²) >= 11 is 0. The van der Waals surface area contributed by atoms with Crippen molar-refractivity contribution in [3.63, 3.8) is 0 Å². The van der Waals surface area contributed by atoms with Crippen molar-refractivity contribution < 1.29 is 14.4 Å². The van der Waals surface area contributed by atoms with Crippen LogP contribution < -0.4 is 5.32 Å². The van der Waals surface area contributed by atoms with Crippen LogP contribution in [0.1, 0.15) is 48.4 Å². The van der Waals surface area contributed by atoms with Gasteiger partial charge in [0, 0.05) is 6.07 Å². The van der Waals surface area contributed by atoms with Crippen molar-refractivity contribution in [1.82, 2.24) is 10.5 Å². The molecular weight excluding hydrogens is 232 g/mol. The number of rotatable bonds is 6. The lowest BCUT2D eigenvalue weighted by Crippen LogP contribution is -2.15. The molecule has 0 amide bonds. The molecule has 2 rings (SSSR count). The molecule has 1 aromatic rings. The first-order valence-corrected chi connectivity index (χ1v) is 6.33. The van der Waals surface area contributed by atoms with E-state index in [1.54, 1.807) is 0 Å². The van der Waals surface area contributed by atoms with Crippen molar-refractivity contribution in [2.24, 2.45) is 0 Å². The van der Waals surface area contributed by atoms with Crippen molar-refractivity contribution in [1.29, 1.82) is 0 Å². The first-order chi connectivity index (χ1) is 8.75. The molecule has 0 radical (unpaired) electrons. The topological polar surface area (TPSA) is 75.4 Å². The Morgan fingerprint density at radius 3 is 3.06 bits per heavy atom. The zero-order valence-corrected chi connectivity index (χ0v) is 10.3. The molecule has 0 atom stereocenters. The second-order valence-electron chi connectivity index (χ2n) is 4.52. The van der Waals surface area contributed by atoms with E-state index in [0.29, 0.717) is 12.3 Å². The SMILES string of the molecule is O=C(O)c1cc(CNCCC2=CCCCC2)on1. The number of aromatic carboxylic acids is 1. The number of nitrogens with one attached hydrogen (secondary N) is 1. The van der Waals surface area contributed by atoms with Crippen molar-refractivity contribution in [2.75, 3.05) is 6.54 Å². The van der Waals surface area contributed by atoms with Crippen LogP contribution in [0.15, 0.2) is 22.2 Å². The number of hydrogen-bond donors (Lipinski definition) is 2. The molecule has 0 unspecified atom stereocenters. The van der Waals surface area contributed by atoms with Gasteiger partial charge in [-0.15, -0.1) is 0 Å². The molecule has 0 fully saturated rings. The number of nitrogens with zero attached hydrogens (tertiary/aromatic N) is 1. The van der Waals surface area contributed by atoms with Crippen LogP contribution in [-0.4, -0.2) is 22.8 Å². The quantitative estimate of drug-likeness (QED) is 0.598. The van der Waals surface area contributed by atoms with E-state index in [-0.39, 0.29) is 5.69 Å². The lowest BCUT2D eigenvalue weighted by molar-refractivity contribution is 0.0685. The number of carbonyl (C=O) groups is 1. The van der Waals surface area contributed by atoms with Crippen molar-refractivity contribution in [2.45, 2.75) is 38.6 Å². The second-order valence-corrected chi connectivity index (χ2v) is 4.52. The zero-order chi connectivity index (χ0) is 12.8. The fourth-order valence-corrected chi connectivity index (χ4v) is 2.09. The molecule has 0 saturated heterocycles. The summed E-state index contributed by atoms with van der Waals surface area (Å²) in [6.07, 6.45) is 8.43. The molecule has 1 aliphatic rings. The number of carboxylic acids is 1. The van der Waals surface area contributed by atoms with E-state index < -0.39 is 5.97 Å². The number of carboxylic acid groups (broad SMARTS) is 1. The Hall–Kier alpha value is -1.62. The molecule has 0 aliphatic heterocycles. The molecule has 1 heterocycles. The lowest BCUT2D eigenvalue weighted by atomic mass is 9.97. The van der Waals surface area contributed by atoms with Crippen LogP contribution in [0.5, 0.6) is 0 Å². The van der Waals surface area contributed by atoms with Gasteiger partial charge < -0.3 is 14.9 Å². The maximum atomic E-state index is 10.6. The largest absolute Gasteiger partial charge is 0.476 e. The number of allylic oxidation sites excluding steroid dienone is 1. The van der Waals surface area contributed by atoms with Gasteiger partial charge in [0.2, 0.25) is 0 Å². The van der Waals surface area contributed by atoms with E-state index >= 15 is 0 Å². The molecular formula is C13H18N2O3. The summed E-state index contributed by atoms with van der Waals surface area (Å²) in [6.45, 7) is 1.41. The van der Waals surface area contributed by atoms with Crippen LogP contribution in [0.25, 0.3) is 0 Å².